The van der Waals surface area contributed by atoms with Gasteiger partial charge in [-0.1, -0.05) is 35.8 Å². The van der Waals surface area contributed by atoms with Gasteiger partial charge in [-0.2, -0.15) is 0 Å². The van der Waals surface area contributed by atoms with Gasteiger partial charge in [0.1, 0.15) is 12.4 Å². The predicted octanol–water partition coefficient (Wildman–Crippen LogP) is 3.93. The molecule has 1 aliphatic rings. The van der Waals surface area contributed by atoms with Crippen molar-refractivity contribution in [2.45, 2.75) is 45.8 Å². The largest absolute Gasteiger partial charge is 0.491 e. The van der Waals surface area contributed by atoms with E-state index in [0.717, 1.165) is 41.7 Å². The van der Waals surface area contributed by atoms with Crippen molar-refractivity contribution in [1.82, 2.24) is 5.32 Å². The van der Waals surface area contributed by atoms with Crippen LogP contribution in [0.3, 0.4) is 0 Å². The number of hydrogen-bond acceptors (Lipinski definition) is 3. The minimum absolute atomic E-state index is 0.217. The number of benzene rings is 1. The average Bonchev–Trinajstić information content (AvgIpc) is 2.87. The second kappa shape index (κ2) is 8.16. The molecule has 1 aromatic rings. The van der Waals surface area contributed by atoms with Crippen molar-refractivity contribution >= 4 is 15.9 Å². The van der Waals surface area contributed by atoms with Gasteiger partial charge in [0.05, 0.1) is 12.2 Å². The first-order valence-electron chi connectivity index (χ1n) is 7.79. The first-order chi connectivity index (χ1) is 10.0. The first-order valence-corrected chi connectivity index (χ1v) is 8.59. The molecule has 0 spiro atoms. The van der Waals surface area contributed by atoms with Crippen molar-refractivity contribution in [1.29, 1.82) is 0 Å². The van der Waals surface area contributed by atoms with E-state index in [1.165, 1.54) is 0 Å². The van der Waals surface area contributed by atoms with E-state index in [2.05, 4.69) is 48.1 Å². The molecule has 1 saturated heterocycles. The molecule has 2 rings (SSSR count). The number of halogens is 1. The highest BCUT2D eigenvalue weighted by Crippen LogP contribution is 2.25. The number of rotatable bonds is 7. The van der Waals surface area contributed by atoms with E-state index in [-0.39, 0.29) is 6.10 Å². The van der Waals surface area contributed by atoms with Gasteiger partial charge in [-0.15, -0.1) is 0 Å². The summed E-state index contributed by atoms with van der Waals surface area (Å²) in [7, 11) is 0. The van der Waals surface area contributed by atoms with Crippen LogP contribution in [0.1, 0.15) is 32.3 Å². The molecule has 0 saturated carbocycles. The van der Waals surface area contributed by atoms with Crippen LogP contribution in [0.2, 0.25) is 0 Å². The van der Waals surface area contributed by atoms with Crippen LogP contribution in [0.4, 0.5) is 0 Å². The number of ether oxygens (including phenoxy) is 2. The van der Waals surface area contributed by atoms with Crippen molar-refractivity contribution < 1.29 is 9.47 Å². The van der Waals surface area contributed by atoms with Crippen LogP contribution in [-0.4, -0.2) is 31.9 Å². The molecule has 1 heterocycles. The maximum absolute atomic E-state index is 6.04. The first kappa shape index (κ1) is 16.8. The third-order valence-corrected chi connectivity index (χ3v) is 4.19. The fourth-order valence-corrected chi connectivity index (χ4v) is 2.84. The number of hydrogen-bond donors (Lipinski definition) is 1. The minimum atomic E-state index is 0.217. The Bertz CT molecular complexity index is 450. The fraction of sp³-hybridized carbons (Fsp3) is 0.647. The summed E-state index contributed by atoms with van der Waals surface area (Å²) in [5.74, 6) is 1.62. The van der Waals surface area contributed by atoms with Crippen LogP contribution in [0, 0.1) is 12.8 Å². The van der Waals surface area contributed by atoms with Gasteiger partial charge in [-0.25, -0.2) is 0 Å². The normalized spacial score (nSPS) is 22.0. The van der Waals surface area contributed by atoms with Crippen LogP contribution >= 0.6 is 15.9 Å². The Morgan fingerprint density at radius 1 is 1.33 bits per heavy atom. The predicted molar refractivity (Wildman–Crippen MR) is 90.0 cm³/mol. The highest BCUT2D eigenvalue weighted by atomic mass is 79.9. The Morgan fingerprint density at radius 3 is 2.86 bits per heavy atom. The van der Waals surface area contributed by atoms with Crippen LogP contribution in [0.15, 0.2) is 22.7 Å². The van der Waals surface area contributed by atoms with E-state index in [4.69, 9.17) is 9.47 Å². The highest BCUT2D eigenvalue weighted by Gasteiger charge is 2.25. The van der Waals surface area contributed by atoms with Gasteiger partial charge >= 0.3 is 0 Å². The highest BCUT2D eigenvalue weighted by molar-refractivity contribution is 9.10. The molecule has 0 amide bonds. The van der Waals surface area contributed by atoms with Crippen molar-refractivity contribution in [3.8, 4) is 5.75 Å². The third-order valence-electron chi connectivity index (χ3n) is 3.70. The molecular formula is C17H26BrNO2. The minimum Gasteiger partial charge on any atom is -0.491 e. The lowest BCUT2D eigenvalue weighted by molar-refractivity contribution is 0.0182. The Hall–Kier alpha value is -0.580. The zero-order valence-electron chi connectivity index (χ0n) is 13.2. The SMILES string of the molecule is Cc1ccc(Br)cc1OCC1CCC(CNCC(C)C)O1. The zero-order chi connectivity index (χ0) is 15.2. The molecule has 3 nitrogen and oxygen atoms in total. The number of nitrogens with one attached hydrogen (secondary N) is 1. The molecule has 0 aromatic heterocycles. The summed E-state index contributed by atoms with van der Waals surface area (Å²) in [6.07, 6.45) is 2.76. The topological polar surface area (TPSA) is 30.5 Å². The smallest absolute Gasteiger partial charge is 0.123 e. The van der Waals surface area contributed by atoms with Crippen LogP contribution in [-0.2, 0) is 4.74 Å². The maximum atomic E-state index is 6.04. The van der Waals surface area contributed by atoms with Crippen LogP contribution in [0.25, 0.3) is 0 Å². The second-order valence-electron chi connectivity index (χ2n) is 6.23. The van der Waals surface area contributed by atoms with Crippen molar-refractivity contribution in [3.63, 3.8) is 0 Å². The van der Waals surface area contributed by atoms with Crippen LogP contribution in [0.5, 0.6) is 5.75 Å². The Labute approximate surface area is 136 Å². The van der Waals surface area contributed by atoms with Gasteiger partial charge in [0.15, 0.2) is 0 Å². The lowest BCUT2D eigenvalue weighted by Crippen LogP contribution is -2.30. The molecule has 4 heteroatoms. The van der Waals surface area contributed by atoms with Gasteiger partial charge in [0.25, 0.3) is 0 Å². The van der Waals surface area contributed by atoms with Crippen molar-refractivity contribution in [2.24, 2.45) is 5.92 Å². The van der Waals surface area contributed by atoms with Gasteiger partial charge in [-0.05, 0) is 49.9 Å². The molecule has 1 aliphatic heterocycles. The summed E-state index contributed by atoms with van der Waals surface area (Å²) in [6, 6.07) is 6.12. The van der Waals surface area contributed by atoms with E-state index in [1.807, 2.05) is 12.1 Å². The molecule has 0 bridgehead atoms. The molecule has 21 heavy (non-hydrogen) atoms. The van der Waals surface area contributed by atoms with E-state index in [1.54, 1.807) is 0 Å². The van der Waals surface area contributed by atoms with Gasteiger partial charge in [0, 0.05) is 11.0 Å². The summed E-state index contributed by atoms with van der Waals surface area (Å²) in [4.78, 5) is 0. The van der Waals surface area contributed by atoms with Crippen molar-refractivity contribution in [2.75, 3.05) is 19.7 Å². The zero-order valence-corrected chi connectivity index (χ0v) is 14.8. The lowest BCUT2D eigenvalue weighted by atomic mass is 10.2. The summed E-state index contributed by atoms with van der Waals surface area (Å²) >= 11 is 3.48. The molecule has 1 N–H and O–H groups in total. The molecule has 2 atom stereocenters. The monoisotopic (exact) mass is 355 g/mol. The lowest BCUT2D eigenvalue weighted by Gasteiger charge is -2.16. The quantitative estimate of drug-likeness (QED) is 0.803. The molecule has 2 unspecified atom stereocenters. The molecule has 118 valence electrons. The Morgan fingerprint density at radius 2 is 2.10 bits per heavy atom. The fourth-order valence-electron chi connectivity index (χ4n) is 2.50. The molecule has 0 aliphatic carbocycles. The van der Waals surface area contributed by atoms with Gasteiger partial charge in [-0.3, -0.25) is 0 Å². The summed E-state index contributed by atoms with van der Waals surface area (Å²) in [5.41, 5.74) is 1.16. The van der Waals surface area contributed by atoms with E-state index >= 15 is 0 Å². The van der Waals surface area contributed by atoms with Gasteiger partial charge < -0.3 is 14.8 Å². The average molecular weight is 356 g/mol. The maximum Gasteiger partial charge on any atom is 0.123 e. The Kier molecular flexibility index (Phi) is 6.52. The van der Waals surface area contributed by atoms with E-state index in [9.17, 15) is 0 Å². The molecular weight excluding hydrogens is 330 g/mol. The summed E-state index contributed by atoms with van der Waals surface area (Å²) < 4.78 is 13.0. The van der Waals surface area contributed by atoms with Crippen LogP contribution < -0.4 is 10.1 Å². The van der Waals surface area contributed by atoms with Crippen molar-refractivity contribution in [3.05, 3.63) is 28.2 Å². The molecule has 1 fully saturated rings. The summed E-state index contributed by atoms with van der Waals surface area (Å²) in [6.45, 7) is 9.15. The molecule has 0 radical (unpaired) electrons. The van der Waals surface area contributed by atoms with E-state index < -0.39 is 0 Å². The van der Waals surface area contributed by atoms with E-state index in [0.29, 0.717) is 18.6 Å². The number of aryl methyl sites for hydroxylation is 1. The third kappa shape index (κ3) is 5.61. The standard InChI is InChI=1S/C17H26BrNO2/c1-12(2)9-19-10-15-6-7-16(21-15)11-20-17-8-14(18)5-4-13(17)3/h4-5,8,12,15-16,19H,6-7,9-11H2,1-3H3. The summed E-state index contributed by atoms with van der Waals surface area (Å²) in [5, 5.41) is 3.47. The molecule has 1 aromatic carbocycles. The van der Waals surface area contributed by atoms with Gasteiger partial charge in [0.2, 0.25) is 0 Å². The second-order valence-corrected chi connectivity index (χ2v) is 7.15. The Balaban J connectivity index is 1.71.